The van der Waals surface area contributed by atoms with Crippen molar-refractivity contribution in [2.45, 2.75) is 19.0 Å². The second-order valence-corrected chi connectivity index (χ2v) is 5.28. The van der Waals surface area contributed by atoms with Crippen molar-refractivity contribution in [3.63, 3.8) is 0 Å². The Bertz CT molecular complexity index is 471. The summed E-state index contributed by atoms with van der Waals surface area (Å²) in [6.07, 6.45) is -4.07. The molecule has 0 saturated carbocycles. The molecule has 0 unspecified atom stereocenters. The smallest absolute Gasteiger partial charge is 0.382 e. The lowest BCUT2D eigenvalue weighted by Crippen LogP contribution is -2.39. The van der Waals surface area contributed by atoms with E-state index in [4.69, 9.17) is 28.9 Å². The van der Waals surface area contributed by atoms with Crippen LogP contribution in [0.25, 0.3) is 0 Å². The third-order valence-electron chi connectivity index (χ3n) is 3.20. The fraction of sp³-hybridized carbons (Fsp3) is 0.545. The molecule has 0 aliphatic carbocycles. The van der Waals surface area contributed by atoms with Gasteiger partial charge in [-0.15, -0.1) is 0 Å². The van der Waals surface area contributed by atoms with Gasteiger partial charge in [-0.05, 0) is 18.9 Å². The van der Waals surface area contributed by atoms with Crippen LogP contribution in [0.4, 0.5) is 24.8 Å². The number of hydrogen-bond acceptors (Lipinski definition) is 3. The van der Waals surface area contributed by atoms with Gasteiger partial charge < -0.3 is 10.6 Å². The number of nitrogens with two attached hydrogens (primary N) is 1. The molecule has 0 amide bonds. The highest BCUT2D eigenvalue weighted by Gasteiger charge is 2.41. The Labute approximate surface area is 118 Å². The van der Waals surface area contributed by atoms with E-state index in [2.05, 4.69) is 4.98 Å². The van der Waals surface area contributed by atoms with E-state index in [9.17, 15) is 13.2 Å². The molecule has 2 N–H and O–H groups in total. The molecule has 0 atom stereocenters. The van der Waals surface area contributed by atoms with Crippen LogP contribution in [0.1, 0.15) is 12.8 Å². The van der Waals surface area contributed by atoms with Gasteiger partial charge in [0.1, 0.15) is 11.6 Å². The molecule has 1 fully saturated rings. The summed E-state index contributed by atoms with van der Waals surface area (Å²) in [6, 6.07) is 1.45. The predicted octanol–water partition coefficient (Wildman–Crippen LogP) is 3.75. The minimum Gasteiger partial charge on any atom is -0.382 e. The van der Waals surface area contributed by atoms with Gasteiger partial charge in [-0.25, -0.2) is 4.98 Å². The zero-order valence-corrected chi connectivity index (χ0v) is 11.4. The van der Waals surface area contributed by atoms with Gasteiger partial charge in [-0.2, -0.15) is 13.2 Å². The second kappa shape index (κ2) is 5.25. The maximum absolute atomic E-state index is 12.6. The topological polar surface area (TPSA) is 42.1 Å². The predicted molar refractivity (Wildman–Crippen MR) is 69.7 cm³/mol. The second-order valence-electron chi connectivity index (χ2n) is 4.46. The van der Waals surface area contributed by atoms with E-state index in [1.807, 2.05) is 0 Å². The first-order chi connectivity index (χ1) is 8.79. The van der Waals surface area contributed by atoms with Crippen molar-refractivity contribution in [3.05, 3.63) is 16.1 Å². The molecule has 0 spiro atoms. The lowest BCUT2D eigenvalue weighted by Gasteiger charge is -2.34. The van der Waals surface area contributed by atoms with E-state index in [1.165, 1.54) is 6.07 Å². The highest BCUT2D eigenvalue weighted by Crippen LogP contribution is 2.37. The summed E-state index contributed by atoms with van der Waals surface area (Å²) in [5.74, 6) is -0.740. The lowest BCUT2D eigenvalue weighted by atomic mass is 9.96. The van der Waals surface area contributed by atoms with Crippen molar-refractivity contribution in [3.8, 4) is 0 Å². The van der Waals surface area contributed by atoms with Crippen LogP contribution in [0, 0.1) is 5.92 Å². The minimum atomic E-state index is -4.14. The fourth-order valence-corrected chi connectivity index (χ4v) is 2.59. The Balaban J connectivity index is 2.12. The minimum absolute atomic E-state index is 0.0318. The molecule has 19 heavy (non-hydrogen) atoms. The quantitative estimate of drug-likeness (QED) is 0.858. The molecule has 1 aliphatic heterocycles. The monoisotopic (exact) mass is 313 g/mol. The van der Waals surface area contributed by atoms with Crippen LogP contribution < -0.4 is 10.6 Å². The van der Waals surface area contributed by atoms with Crippen molar-refractivity contribution in [1.29, 1.82) is 0 Å². The van der Waals surface area contributed by atoms with Gasteiger partial charge in [-0.1, -0.05) is 23.2 Å². The molecule has 1 saturated heterocycles. The van der Waals surface area contributed by atoms with E-state index in [0.29, 0.717) is 10.8 Å². The van der Waals surface area contributed by atoms with Gasteiger partial charge in [0.25, 0.3) is 0 Å². The molecule has 3 nitrogen and oxygen atoms in total. The maximum atomic E-state index is 12.6. The first-order valence-electron chi connectivity index (χ1n) is 5.72. The highest BCUT2D eigenvalue weighted by molar-refractivity contribution is 6.37. The highest BCUT2D eigenvalue weighted by atomic mass is 35.5. The molecule has 1 aliphatic rings. The molecule has 0 radical (unpaired) electrons. The number of alkyl halides is 3. The van der Waals surface area contributed by atoms with Gasteiger partial charge in [0.15, 0.2) is 0 Å². The van der Waals surface area contributed by atoms with Crippen molar-refractivity contribution < 1.29 is 13.2 Å². The summed E-state index contributed by atoms with van der Waals surface area (Å²) in [4.78, 5) is 5.75. The number of hydrogen-bond donors (Lipinski definition) is 1. The SMILES string of the molecule is Nc1nc(N2CCC(C(F)(F)F)CC2)c(Cl)cc1Cl. The molecular weight excluding hydrogens is 302 g/mol. The number of piperidine rings is 1. The van der Waals surface area contributed by atoms with Crippen LogP contribution in [0.3, 0.4) is 0 Å². The molecule has 2 rings (SSSR count). The van der Waals surface area contributed by atoms with E-state index >= 15 is 0 Å². The van der Waals surface area contributed by atoms with Crippen LogP contribution >= 0.6 is 23.2 Å². The van der Waals surface area contributed by atoms with E-state index in [1.54, 1.807) is 4.90 Å². The normalized spacial score (nSPS) is 17.8. The Kier molecular flexibility index (Phi) is 4.01. The van der Waals surface area contributed by atoms with Gasteiger partial charge >= 0.3 is 6.18 Å². The standard InChI is InChI=1S/C11H12Cl2F3N3/c12-7-5-8(13)10(18-9(7)17)19-3-1-6(2-4-19)11(14,15)16/h5-6H,1-4H2,(H2,17,18). The Hall–Kier alpha value is -0.880. The van der Waals surface area contributed by atoms with E-state index < -0.39 is 12.1 Å². The van der Waals surface area contributed by atoms with Crippen molar-refractivity contribution in [2.75, 3.05) is 23.7 Å². The average molecular weight is 314 g/mol. The summed E-state index contributed by atoms with van der Waals surface area (Å²) >= 11 is 11.8. The van der Waals surface area contributed by atoms with Crippen molar-refractivity contribution >= 4 is 34.8 Å². The van der Waals surface area contributed by atoms with E-state index in [0.717, 1.165) is 0 Å². The van der Waals surface area contributed by atoms with Crippen LogP contribution in [-0.4, -0.2) is 24.2 Å². The number of halogens is 5. The van der Waals surface area contributed by atoms with Gasteiger partial charge in [0, 0.05) is 13.1 Å². The van der Waals surface area contributed by atoms with Crippen molar-refractivity contribution in [1.82, 2.24) is 4.98 Å². The number of aromatic nitrogens is 1. The van der Waals surface area contributed by atoms with Crippen LogP contribution in [0.5, 0.6) is 0 Å². The Morgan fingerprint density at radius 1 is 1.21 bits per heavy atom. The Morgan fingerprint density at radius 3 is 2.32 bits per heavy atom. The summed E-state index contributed by atoms with van der Waals surface area (Å²) < 4.78 is 37.7. The van der Waals surface area contributed by atoms with Crippen molar-refractivity contribution in [2.24, 2.45) is 5.92 Å². The molecule has 106 valence electrons. The Morgan fingerprint density at radius 2 is 1.79 bits per heavy atom. The molecule has 8 heteroatoms. The number of pyridine rings is 1. The third kappa shape index (κ3) is 3.17. The van der Waals surface area contributed by atoms with Gasteiger partial charge in [0.05, 0.1) is 16.0 Å². The van der Waals surface area contributed by atoms with Crippen LogP contribution in [0.2, 0.25) is 10.0 Å². The largest absolute Gasteiger partial charge is 0.391 e. The first-order valence-corrected chi connectivity index (χ1v) is 6.48. The molecular formula is C11H12Cl2F3N3. The van der Waals surface area contributed by atoms with Crippen LogP contribution in [0.15, 0.2) is 6.07 Å². The zero-order valence-electron chi connectivity index (χ0n) is 9.84. The summed E-state index contributed by atoms with van der Waals surface area (Å²) in [5.41, 5.74) is 5.58. The number of nitrogen functional groups attached to an aromatic ring is 1. The summed E-state index contributed by atoms with van der Waals surface area (Å²) in [6.45, 7) is 0.496. The number of anilines is 2. The zero-order chi connectivity index (χ0) is 14.2. The van der Waals surface area contributed by atoms with E-state index in [-0.39, 0.29) is 36.8 Å². The molecule has 1 aromatic heterocycles. The lowest BCUT2D eigenvalue weighted by molar-refractivity contribution is -0.179. The fourth-order valence-electron chi connectivity index (χ4n) is 2.11. The summed E-state index contributed by atoms with van der Waals surface area (Å²) in [7, 11) is 0. The first kappa shape index (κ1) is 14.5. The number of nitrogens with zero attached hydrogens (tertiary/aromatic N) is 2. The maximum Gasteiger partial charge on any atom is 0.391 e. The summed E-state index contributed by atoms with van der Waals surface area (Å²) in [5, 5.41) is 0.531. The van der Waals surface area contributed by atoms with Crippen LogP contribution in [-0.2, 0) is 0 Å². The molecule has 0 aromatic carbocycles. The van der Waals surface area contributed by atoms with Gasteiger partial charge in [0.2, 0.25) is 0 Å². The molecule has 0 bridgehead atoms. The molecule has 1 aromatic rings. The van der Waals surface area contributed by atoms with Gasteiger partial charge in [-0.3, -0.25) is 0 Å². The number of rotatable bonds is 1. The average Bonchev–Trinajstić information content (AvgIpc) is 2.33. The molecule has 2 heterocycles. The third-order valence-corrected chi connectivity index (χ3v) is 3.78.